The van der Waals surface area contributed by atoms with Gasteiger partial charge in [0.15, 0.2) is 0 Å². The molecule has 0 saturated heterocycles. The van der Waals surface area contributed by atoms with Crippen LogP contribution in [-0.4, -0.2) is 24.7 Å². The van der Waals surface area contributed by atoms with Gasteiger partial charge in [0.2, 0.25) is 21.8 Å². The van der Waals surface area contributed by atoms with Crippen LogP contribution in [0.5, 0.6) is 0 Å². The lowest BCUT2D eigenvalue weighted by Crippen LogP contribution is -2.32. The normalized spacial score (nSPS) is 19.8. The summed E-state index contributed by atoms with van der Waals surface area (Å²) in [6.45, 7) is 0. The van der Waals surface area contributed by atoms with Gasteiger partial charge in [-0.15, -0.1) is 21.5 Å². The van der Waals surface area contributed by atoms with E-state index in [9.17, 15) is 8.42 Å². The topological polar surface area (TPSA) is 85.1 Å². The molecule has 118 valence electrons. The van der Waals surface area contributed by atoms with Crippen molar-refractivity contribution >= 4 is 21.4 Å². The SMILES string of the molecule is O=S(=O)(NC1CCCC1)c1cc(-c2nnc(C3CC3)o2)cs1. The average Bonchev–Trinajstić information content (AvgIpc) is 2.95. The molecule has 4 rings (SSSR count). The summed E-state index contributed by atoms with van der Waals surface area (Å²) in [6.07, 6.45) is 6.22. The van der Waals surface area contributed by atoms with Gasteiger partial charge in [-0.1, -0.05) is 12.8 Å². The molecule has 0 aromatic carbocycles. The maximum absolute atomic E-state index is 12.4. The Morgan fingerprint density at radius 2 is 1.95 bits per heavy atom. The van der Waals surface area contributed by atoms with Gasteiger partial charge in [0.05, 0.1) is 5.56 Å². The highest BCUT2D eigenvalue weighted by molar-refractivity contribution is 7.91. The first kappa shape index (κ1) is 14.3. The van der Waals surface area contributed by atoms with Gasteiger partial charge in [-0.3, -0.25) is 0 Å². The molecule has 0 atom stereocenters. The molecule has 1 N–H and O–H groups in total. The lowest BCUT2D eigenvalue weighted by atomic mass is 10.3. The summed E-state index contributed by atoms with van der Waals surface area (Å²) in [7, 11) is -3.45. The number of thiophene rings is 1. The van der Waals surface area contributed by atoms with E-state index in [0.717, 1.165) is 38.5 Å². The molecule has 22 heavy (non-hydrogen) atoms. The summed E-state index contributed by atoms with van der Waals surface area (Å²) in [6, 6.07) is 1.69. The molecule has 2 aromatic heterocycles. The highest BCUT2D eigenvalue weighted by Gasteiger charge is 2.30. The maximum atomic E-state index is 12.4. The van der Waals surface area contributed by atoms with Gasteiger partial charge in [-0.05, 0) is 31.7 Å². The molecule has 2 saturated carbocycles. The van der Waals surface area contributed by atoms with Crippen LogP contribution >= 0.6 is 11.3 Å². The largest absolute Gasteiger partial charge is 0.420 e. The van der Waals surface area contributed by atoms with Crippen LogP contribution in [0.3, 0.4) is 0 Å². The van der Waals surface area contributed by atoms with E-state index in [1.165, 1.54) is 11.3 Å². The first-order valence-corrected chi connectivity index (χ1v) is 9.93. The maximum Gasteiger partial charge on any atom is 0.250 e. The van der Waals surface area contributed by atoms with Crippen LogP contribution in [0, 0.1) is 0 Å². The van der Waals surface area contributed by atoms with Crippen LogP contribution in [0.25, 0.3) is 11.5 Å². The first-order valence-electron chi connectivity index (χ1n) is 7.56. The zero-order chi connectivity index (χ0) is 15.2. The smallest absolute Gasteiger partial charge is 0.250 e. The lowest BCUT2D eigenvalue weighted by molar-refractivity contribution is 0.508. The number of hydrogen-bond acceptors (Lipinski definition) is 6. The van der Waals surface area contributed by atoms with Crippen molar-refractivity contribution in [2.75, 3.05) is 0 Å². The van der Waals surface area contributed by atoms with E-state index in [4.69, 9.17) is 4.42 Å². The molecule has 0 bridgehead atoms. The van der Waals surface area contributed by atoms with E-state index in [1.807, 2.05) is 0 Å². The van der Waals surface area contributed by atoms with E-state index >= 15 is 0 Å². The van der Waals surface area contributed by atoms with Crippen LogP contribution in [0.15, 0.2) is 20.1 Å². The third kappa shape index (κ3) is 2.82. The molecule has 0 radical (unpaired) electrons. The summed E-state index contributed by atoms with van der Waals surface area (Å²) in [5.41, 5.74) is 0.677. The molecular formula is C14H17N3O3S2. The molecule has 0 spiro atoms. The monoisotopic (exact) mass is 339 g/mol. The van der Waals surface area contributed by atoms with Gasteiger partial charge in [-0.2, -0.15) is 0 Å². The van der Waals surface area contributed by atoms with Gasteiger partial charge < -0.3 is 4.42 Å². The molecule has 2 aromatic rings. The predicted molar refractivity (Wildman–Crippen MR) is 82.2 cm³/mol. The van der Waals surface area contributed by atoms with E-state index < -0.39 is 10.0 Å². The zero-order valence-electron chi connectivity index (χ0n) is 12.0. The summed E-state index contributed by atoms with van der Waals surface area (Å²) >= 11 is 1.19. The Morgan fingerprint density at radius 1 is 1.18 bits per heavy atom. The van der Waals surface area contributed by atoms with Crippen molar-refractivity contribution < 1.29 is 12.8 Å². The van der Waals surface area contributed by atoms with Gasteiger partial charge in [0.1, 0.15) is 4.21 Å². The van der Waals surface area contributed by atoms with Crippen molar-refractivity contribution in [3.8, 4) is 11.5 Å². The van der Waals surface area contributed by atoms with E-state index in [-0.39, 0.29) is 6.04 Å². The molecule has 2 aliphatic rings. The second-order valence-corrected chi connectivity index (χ2v) is 8.83. The van der Waals surface area contributed by atoms with E-state index in [0.29, 0.717) is 27.5 Å². The highest BCUT2D eigenvalue weighted by Crippen LogP contribution is 2.40. The van der Waals surface area contributed by atoms with Gasteiger partial charge in [-0.25, -0.2) is 13.1 Å². The number of nitrogens with zero attached hydrogens (tertiary/aromatic N) is 2. The second-order valence-electron chi connectivity index (χ2n) is 5.98. The Kier molecular flexibility index (Phi) is 3.54. The lowest BCUT2D eigenvalue weighted by Gasteiger charge is -2.10. The Morgan fingerprint density at radius 3 is 2.68 bits per heavy atom. The van der Waals surface area contributed by atoms with Gasteiger partial charge in [0.25, 0.3) is 0 Å². The van der Waals surface area contributed by atoms with Crippen molar-refractivity contribution in [1.29, 1.82) is 0 Å². The van der Waals surface area contributed by atoms with Crippen LogP contribution in [0.4, 0.5) is 0 Å². The number of rotatable bonds is 5. The second kappa shape index (κ2) is 5.43. The Labute approximate surface area is 133 Å². The molecule has 2 fully saturated rings. The quantitative estimate of drug-likeness (QED) is 0.905. The molecule has 8 heteroatoms. The van der Waals surface area contributed by atoms with E-state index in [2.05, 4.69) is 14.9 Å². The molecule has 6 nitrogen and oxygen atoms in total. The van der Waals surface area contributed by atoms with Crippen molar-refractivity contribution in [2.45, 2.75) is 54.7 Å². The van der Waals surface area contributed by atoms with Crippen molar-refractivity contribution in [3.63, 3.8) is 0 Å². The van der Waals surface area contributed by atoms with Gasteiger partial charge in [0, 0.05) is 17.3 Å². The summed E-state index contributed by atoms with van der Waals surface area (Å²) < 4.78 is 33.5. The first-order chi connectivity index (χ1) is 10.6. The van der Waals surface area contributed by atoms with Crippen LogP contribution < -0.4 is 4.72 Å². The van der Waals surface area contributed by atoms with Crippen LogP contribution in [-0.2, 0) is 10.0 Å². The van der Waals surface area contributed by atoms with Crippen molar-refractivity contribution in [1.82, 2.24) is 14.9 Å². The molecule has 2 aliphatic carbocycles. The predicted octanol–water partition coefficient (Wildman–Crippen LogP) is 2.90. The number of nitrogens with one attached hydrogen (secondary N) is 1. The number of aromatic nitrogens is 2. The summed E-state index contributed by atoms with van der Waals surface area (Å²) in [4.78, 5) is 0. The number of hydrogen-bond donors (Lipinski definition) is 1. The fourth-order valence-corrected chi connectivity index (χ4v) is 5.21. The van der Waals surface area contributed by atoms with E-state index in [1.54, 1.807) is 11.4 Å². The molecule has 2 heterocycles. The third-order valence-electron chi connectivity index (χ3n) is 4.13. The Balaban J connectivity index is 1.54. The van der Waals surface area contributed by atoms with Crippen LogP contribution in [0.1, 0.15) is 50.3 Å². The van der Waals surface area contributed by atoms with Crippen LogP contribution in [0.2, 0.25) is 0 Å². The average molecular weight is 339 g/mol. The minimum atomic E-state index is -3.45. The molecule has 0 amide bonds. The molecular weight excluding hydrogens is 322 g/mol. The minimum absolute atomic E-state index is 0.0698. The van der Waals surface area contributed by atoms with Crippen molar-refractivity contribution in [2.24, 2.45) is 0 Å². The summed E-state index contributed by atoms with van der Waals surface area (Å²) in [5.74, 6) is 1.46. The summed E-state index contributed by atoms with van der Waals surface area (Å²) in [5, 5.41) is 9.81. The number of sulfonamides is 1. The Bertz CT molecular complexity index is 771. The zero-order valence-corrected chi connectivity index (χ0v) is 13.6. The molecule has 0 unspecified atom stereocenters. The standard InChI is InChI=1S/C14H17N3O3S2/c18-22(19,17-11-3-1-2-4-11)12-7-10(8-21-12)14-16-15-13(20-14)9-5-6-9/h7-9,11,17H,1-6H2. The third-order valence-corrected chi connectivity index (χ3v) is 7.09. The Hall–Kier alpha value is -1.25. The van der Waals surface area contributed by atoms with Gasteiger partial charge >= 0.3 is 0 Å². The fourth-order valence-electron chi connectivity index (χ4n) is 2.74. The molecule has 0 aliphatic heterocycles. The van der Waals surface area contributed by atoms with Crippen molar-refractivity contribution in [3.05, 3.63) is 17.3 Å². The minimum Gasteiger partial charge on any atom is -0.420 e. The fraction of sp³-hybridized carbons (Fsp3) is 0.571. The highest BCUT2D eigenvalue weighted by atomic mass is 32.2.